The minimum atomic E-state index is -3.80. The van der Waals surface area contributed by atoms with Crippen molar-refractivity contribution in [3.63, 3.8) is 0 Å². The maximum atomic E-state index is 11.2. The Kier molecular flexibility index (Phi) is 7.02. The molecule has 1 amide bonds. The molecule has 0 atom stereocenters. The Morgan fingerprint density at radius 1 is 1.31 bits per heavy atom. The molecule has 0 heterocycles. The lowest BCUT2D eigenvalue weighted by Crippen LogP contribution is -2.41. The van der Waals surface area contributed by atoms with E-state index in [4.69, 9.17) is 0 Å². The number of carbonyl (C=O) groups excluding carboxylic acids is 1. The number of hydrogen-bond donors (Lipinski definition) is 3. The molecule has 0 radical (unpaired) electrons. The fourth-order valence-corrected chi connectivity index (χ4v) is 1.66. The molecule has 0 aromatic heterocycles. The van der Waals surface area contributed by atoms with Crippen molar-refractivity contribution >= 4 is 16.3 Å². The monoisotopic (exact) mass is 253 g/mol. The van der Waals surface area contributed by atoms with Crippen LogP contribution in [0.4, 0.5) is 4.79 Å². The molecule has 0 unspecified atom stereocenters. The summed E-state index contributed by atoms with van der Waals surface area (Å²) in [6, 6.07) is 0.366. The van der Waals surface area contributed by atoms with Crippen LogP contribution < -0.4 is 14.8 Å². The summed E-state index contributed by atoms with van der Waals surface area (Å²) < 4.78 is 30.4. The maximum Gasteiger partial charge on any atom is 0.421 e. The summed E-state index contributed by atoms with van der Waals surface area (Å²) in [5, 5.41) is 3.14. The van der Waals surface area contributed by atoms with Crippen molar-refractivity contribution in [2.24, 2.45) is 0 Å². The Morgan fingerprint density at radius 3 is 2.44 bits per heavy atom. The zero-order chi connectivity index (χ0) is 12.6. The van der Waals surface area contributed by atoms with Crippen LogP contribution in [0.2, 0.25) is 0 Å². The maximum absolute atomic E-state index is 11.2. The molecule has 0 spiro atoms. The minimum Gasteiger partial charge on any atom is -0.452 e. The van der Waals surface area contributed by atoms with Gasteiger partial charge in [-0.1, -0.05) is 13.8 Å². The average molecular weight is 253 g/mol. The van der Waals surface area contributed by atoms with Crippen LogP contribution in [-0.4, -0.2) is 40.8 Å². The lowest BCUT2D eigenvalue weighted by atomic mass is 10.3. The summed E-state index contributed by atoms with van der Waals surface area (Å²) in [6.07, 6.45) is -0.368. The van der Waals surface area contributed by atoms with E-state index in [9.17, 15) is 13.2 Å². The fourth-order valence-electron chi connectivity index (χ4n) is 0.873. The van der Waals surface area contributed by atoms with Crippen LogP contribution in [0.5, 0.6) is 0 Å². The smallest absolute Gasteiger partial charge is 0.421 e. The highest BCUT2D eigenvalue weighted by Gasteiger charge is 2.12. The molecular weight excluding hydrogens is 234 g/mol. The number of hydrogen-bond acceptors (Lipinski definition) is 5. The van der Waals surface area contributed by atoms with Crippen molar-refractivity contribution in [2.45, 2.75) is 26.3 Å². The largest absolute Gasteiger partial charge is 0.452 e. The summed E-state index contributed by atoms with van der Waals surface area (Å²) in [7, 11) is -2.70. The molecule has 0 aromatic carbocycles. The Labute approximate surface area is 96.1 Å². The fraction of sp³-hybridized carbons (Fsp3) is 0.875. The molecule has 3 N–H and O–H groups in total. The molecule has 0 saturated heterocycles. The van der Waals surface area contributed by atoms with Gasteiger partial charge in [0, 0.05) is 12.6 Å². The molecule has 0 aliphatic rings. The number of amides is 1. The first kappa shape index (κ1) is 15.1. The summed E-state index contributed by atoms with van der Waals surface area (Å²) in [5.41, 5.74) is 0. The molecule has 0 aromatic rings. The Balaban J connectivity index is 3.71. The van der Waals surface area contributed by atoms with Crippen molar-refractivity contribution in [3.8, 4) is 0 Å². The van der Waals surface area contributed by atoms with Gasteiger partial charge in [-0.05, 0) is 13.0 Å². The van der Waals surface area contributed by atoms with Gasteiger partial charge < -0.3 is 10.1 Å². The van der Waals surface area contributed by atoms with E-state index in [-0.39, 0.29) is 6.54 Å². The number of carbonyl (C=O) groups is 1. The highest BCUT2D eigenvalue weighted by Crippen LogP contribution is 1.83. The van der Waals surface area contributed by atoms with Gasteiger partial charge in [-0.25, -0.2) is 9.52 Å². The van der Waals surface area contributed by atoms with Crippen LogP contribution in [0, 0.1) is 0 Å². The molecule has 7 nitrogen and oxygen atoms in total. The quantitative estimate of drug-likeness (QED) is 0.535. The molecule has 96 valence electrons. The van der Waals surface area contributed by atoms with Gasteiger partial charge in [-0.15, -0.1) is 0 Å². The minimum absolute atomic E-state index is 0.256. The predicted molar refractivity (Wildman–Crippen MR) is 60.2 cm³/mol. The first-order chi connectivity index (χ1) is 7.37. The highest BCUT2D eigenvalue weighted by atomic mass is 32.2. The zero-order valence-corrected chi connectivity index (χ0v) is 10.6. The van der Waals surface area contributed by atoms with Crippen LogP contribution in [0.15, 0.2) is 0 Å². The molecule has 0 fully saturated rings. The van der Waals surface area contributed by atoms with Crippen molar-refractivity contribution < 1.29 is 17.9 Å². The van der Waals surface area contributed by atoms with Gasteiger partial charge in [0.1, 0.15) is 0 Å². The van der Waals surface area contributed by atoms with Crippen LogP contribution >= 0.6 is 0 Å². The van der Waals surface area contributed by atoms with Crippen LogP contribution in [0.3, 0.4) is 0 Å². The van der Waals surface area contributed by atoms with Crippen molar-refractivity contribution in [1.82, 2.24) is 14.8 Å². The van der Waals surface area contributed by atoms with Gasteiger partial charge in [0.15, 0.2) is 0 Å². The van der Waals surface area contributed by atoms with Crippen molar-refractivity contribution in [3.05, 3.63) is 0 Å². The van der Waals surface area contributed by atoms with Gasteiger partial charge in [0.25, 0.3) is 0 Å². The number of rotatable bonds is 7. The molecule has 0 aliphatic heterocycles. The normalized spacial score (nSPS) is 11.5. The SMILES string of the molecule is COC(=O)NS(=O)(=O)NCCCNC(C)C. The Morgan fingerprint density at radius 2 is 1.94 bits per heavy atom. The van der Waals surface area contributed by atoms with E-state index in [1.165, 1.54) is 0 Å². The van der Waals surface area contributed by atoms with E-state index in [1.807, 2.05) is 13.8 Å². The van der Waals surface area contributed by atoms with Gasteiger partial charge in [0.2, 0.25) is 0 Å². The number of methoxy groups -OCH3 is 1. The summed E-state index contributed by atoms with van der Waals surface area (Å²) in [4.78, 5) is 10.6. The van der Waals surface area contributed by atoms with E-state index in [1.54, 1.807) is 4.72 Å². The standard InChI is InChI=1S/C8H19N3O4S/c1-7(2)9-5-4-6-10-16(13,14)11-8(12)15-3/h7,9-10H,4-6H2,1-3H3,(H,11,12). The third-order valence-electron chi connectivity index (χ3n) is 1.60. The zero-order valence-electron chi connectivity index (χ0n) is 9.74. The predicted octanol–water partition coefficient (Wildman–Crippen LogP) is -0.435. The van der Waals surface area contributed by atoms with Crippen molar-refractivity contribution in [2.75, 3.05) is 20.2 Å². The topological polar surface area (TPSA) is 96.5 Å². The van der Waals surface area contributed by atoms with E-state index in [0.29, 0.717) is 19.0 Å². The molecule has 0 bridgehead atoms. The summed E-state index contributed by atoms with van der Waals surface area (Å²) >= 11 is 0. The molecule has 0 rings (SSSR count). The lowest BCUT2D eigenvalue weighted by Gasteiger charge is -2.09. The lowest BCUT2D eigenvalue weighted by molar-refractivity contribution is 0.177. The molecule has 8 heteroatoms. The molecule has 0 saturated carbocycles. The second-order valence-corrected chi connectivity index (χ2v) is 4.95. The van der Waals surface area contributed by atoms with Gasteiger partial charge in [-0.2, -0.15) is 13.1 Å². The number of nitrogens with one attached hydrogen (secondary N) is 3. The van der Waals surface area contributed by atoms with Crippen LogP contribution in [0.25, 0.3) is 0 Å². The molecule has 16 heavy (non-hydrogen) atoms. The second kappa shape index (κ2) is 7.42. The molecular formula is C8H19N3O4S. The van der Waals surface area contributed by atoms with Gasteiger partial charge in [-0.3, -0.25) is 0 Å². The third-order valence-corrected chi connectivity index (χ3v) is 2.62. The van der Waals surface area contributed by atoms with E-state index in [0.717, 1.165) is 7.11 Å². The summed E-state index contributed by atoms with van der Waals surface area (Å²) in [5.74, 6) is 0. The highest BCUT2D eigenvalue weighted by molar-refractivity contribution is 7.88. The van der Waals surface area contributed by atoms with E-state index < -0.39 is 16.3 Å². The first-order valence-electron chi connectivity index (χ1n) is 4.96. The first-order valence-corrected chi connectivity index (χ1v) is 6.44. The average Bonchev–Trinajstić information content (AvgIpc) is 2.15. The van der Waals surface area contributed by atoms with Gasteiger partial charge >= 0.3 is 16.3 Å². The second-order valence-electron chi connectivity index (χ2n) is 3.45. The summed E-state index contributed by atoms with van der Waals surface area (Å²) in [6.45, 7) is 4.97. The number of ether oxygens (including phenoxy) is 1. The van der Waals surface area contributed by atoms with Crippen LogP contribution in [-0.2, 0) is 14.9 Å². The van der Waals surface area contributed by atoms with Gasteiger partial charge in [0.05, 0.1) is 7.11 Å². The third kappa shape index (κ3) is 8.45. The van der Waals surface area contributed by atoms with Crippen LogP contribution in [0.1, 0.15) is 20.3 Å². The van der Waals surface area contributed by atoms with E-state index in [2.05, 4.69) is 14.8 Å². The Bertz CT molecular complexity index is 302. The Hall–Kier alpha value is -0.860. The van der Waals surface area contributed by atoms with Crippen molar-refractivity contribution in [1.29, 1.82) is 0 Å². The molecule has 0 aliphatic carbocycles. The van der Waals surface area contributed by atoms with E-state index >= 15 is 0 Å².